The van der Waals surface area contributed by atoms with E-state index in [1.165, 1.54) is 23.3 Å². The first kappa shape index (κ1) is 20.0. The van der Waals surface area contributed by atoms with Gasteiger partial charge in [0.15, 0.2) is 0 Å². The number of hydrogen-bond donors (Lipinski definition) is 0. The van der Waals surface area contributed by atoms with E-state index < -0.39 is 0 Å². The van der Waals surface area contributed by atoms with Gasteiger partial charge in [-0.3, -0.25) is 4.79 Å². The van der Waals surface area contributed by atoms with Crippen molar-refractivity contribution in [1.82, 2.24) is 14.9 Å². The van der Waals surface area contributed by atoms with Crippen LogP contribution in [0.3, 0.4) is 0 Å². The summed E-state index contributed by atoms with van der Waals surface area (Å²) in [5.41, 5.74) is 3.09. The zero-order valence-corrected chi connectivity index (χ0v) is 18.5. The van der Waals surface area contributed by atoms with Gasteiger partial charge in [0, 0.05) is 26.1 Å². The predicted molar refractivity (Wildman–Crippen MR) is 122 cm³/mol. The van der Waals surface area contributed by atoms with Crippen molar-refractivity contribution in [3.8, 4) is 11.6 Å². The molecule has 2 aliphatic heterocycles. The van der Waals surface area contributed by atoms with Crippen LogP contribution in [0.15, 0.2) is 41.8 Å². The second-order valence-corrected chi connectivity index (χ2v) is 9.12. The van der Waals surface area contributed by atoms with Gasteiger partial charge in [-0.2, -0.15) is 4.98 Å². The van der Waals surface area contributed by atoms with Gasteiger partial charge >= 0.3 is 0 Å². The molecule has 7 heteroatoms. The van der Waals surface area contributed by atoms with E-state index in [0.717, 1.165) is 53.8 Å². The monoisotopic (exact) mass is 434 g/mol. The third-order valence-electron chi connectivity index (χ3n) is 5.90. The van der Waals surface area contributed by atoms with Crippen LogP contribution >= 0.6 is 11.3 Å². The number of piperidine rings is 1. The second-order valence-electron chi connectivity index (χ2n) is 8.17. The largest absolute Gasteiger partial charge is 0.438 e. The molecule has 0 atom stereocenters. The first-order valence-corrected chi connectivity index (χ1v) is 11.8. The predicted octanol–water partition coefficient (Wildman–Crippen LogP) is 4.83. The summed E-state index contributed by atoms with van der Waals surface area (Å²) in [7, 11) is 0. The molecule has 0 aliphatic carbocycles. The average molecular weight is 435 g/mol. The summed E-state index contributed by atoms with van der Waals surface area (Å²) >= 11 is 1.47. The molecule has 0 unspecified atom stereocenters. The van der Waals surface area contributed by atoms with Gasteiger partial charge in [0.05, 0.1) is 22.7 Å². The smallest absolute Gasteiger partial charge is 0.264 e. The lowest BCUT2D eigenvalue weighted by atomic mass is 10.1. The number of carbonyl (C=O) groups is 1. The van der Waals surface area contributed by atoms with Crippen molar-refractivity contribution in [3.05, 3.63) is 63.5 Å². The Labute approximate surface area is 186 Å². The number of fused-ring (bicyclic) bond motifs is 1. The fraction of sp³-hybridized carbons (Fsp3) is 0.375. The van der Waals surface area contributed by atoms with Crippen molar-refractivity contribution in [3.63, 3.8) is 0 Å². The van der Waals surface area contributed by atoms with Gasteiger partial charge in [0.1, 0.15) is 5.75 Å². The highest BCUT2D eigenvalue weighted by molar-refractivity contribution is 7.12. The summed E-state index contributed by atoms with van der Waals surface area (Å²) < 4.78 is 6.27. The number of anilines is 1. The first-order valence-electron chi connectivity index (χ1n) is 10.9. The molecule has 2 aromatic heterocycles. The Morgan fingerprint density at radius 3 is 2.58 bits per heavy atom. The average Bonchev–Trinajstić information content (AvgIpc) is 3.35. The second kappa shape index (κ2) is 8.67. The molecular weight excluding hydrogens is 408 g/mol. The Morgan fingerprint density at radius 1 is 1.03 bits per heavy atom. The fourth-order valence-electron chi connectivity index (χ4n) is 4.14. The van der Waals surface area contributed by atoms with E-state index in [1.54, 1.807) is 0 Å². The lowest BCUT2D eigenvalue weighted by Gasteiger charge is -2.31. The maximum absolute atomic E-state index is 12.9. The maximum atomic E-state index is 12.9. The molecule has 3 aromatic rings. The van der Waals surface area contributed by atoms with Crippen LogP contribution in [0.1, 0.15) is 45.8 Å². The van der Waals surface area contributed by atoms with Crippen LogP contribution in [-0.4, -0.2) is 40.4 Å². The van der Waals surface area contributed by atoms with Crippen LogP contribution < -0.4 is 9.64 Å². The van der Waals surface area contributed by atoms with Crippen molar-refractivity contribution in [2.75, 3.05) is 24.5 Å². The lowest BCUT2D eigenvalue weighted by molar-refractivity contribution is 0.0737. The van der Waals surface area contributed by atoms with Gasteiger partial charge in [-0.1, -0.05) is 23.8 Å². The van der Waals surface area contributed by atoms with Gasteiger partial charge in [-0.15, -0.1) is 11.3 Å². The molecule has 0 spiro atoms. The minimum atomic E-state index is 0.0574. The van der Waals surface area contributed by atoms with Gasteiger partial charge in [0.25, 0.3) is 5.91 Å². The zero-order valence-electron chi connectivity index (χ0n) is 17.7. The number of rotatable bonds is 4. The van der Waals surface area contributed by atoms with Crippen LogP contribution in [0, 0.1) is 6.92 Å². The number of hydrogen-bond acceptors (Lipinski definition) is 6. The lowest BCUT2D eigenvalue weighted by Crippen LogP contribution is -2.37. The molecule has 4 heterocycles. The van der Waals surface area contributed by atoms with Gasteiger partial charge in [-0.25, -0.2) is 4.98 Å². The minimum absolute atomic E-state index is 0.0574. The Balaban J connectivity index is 1.49. The number of benzene rings is 1. The number of thiophene rings is 1. The molecule has 0 bridgehead atoms. The summed E-state index contributed by atoms with van der Waals surface area (Å²) in [5, 5.41) is 1.94. The molecule has 5 rings (SSSR count). The maximum Gasteiger partial charge on any atom is 0.264 e. The topological polar surface area (TPSA) is 58.6 Å². The number of nitrogens with zero attached hydrogens (tertiary/aromatic N) is 4. The SMILES string of the molecule is Cc1ccc(Oc2nc(N3CCCCC3)nc3c2CN(C(=O)c2cccs2)CC3)cc1. The molecule has 0 radical (unpaired) electrons. The molecule has 1 fully saturated rings. The Hall–Kier alpha value is -2.93. The summed E-state index contributed by atoms with van der Waals surface area (Å²) in [5.74, 6) is 2.12. The number of ether oxygens (including phenoxy) is 1. The van der Waals surface area contributed by atoms with E-state index in [1.807, 2.05) is 46.7 Å². The van der Waals surface area contributed by atoms with Crippen molar-refractivity contribution < 1.29 is 9.53 Å². The highest BCUT2D eigenvalue weighted by Gasteiger charge is 2.29. The molecule has 1 amide bonds. The van der Waals surface area contributed by atoms with E-state index in [4.69, 9.17) is 14.7 Å². The third-order valence-corrected chi connectivity index (χ3v) is 6.76. The summed E-state index contributed by atoms with van der Waals surface area (Å²) in [6.45, 7) is 5.13. The molecular formula is C24H26N4O2S. The first-order chi connectivity index (χ1) is 15.2. The van der Waals surface area contributed by atoms with E-state index in [0.29, 0.717) is 25.4 Å². The molecule has 2 aliphatic rings. The van der Waals surface area contributed by atoms with E-state index in [9.17, 15) is 4.79 Å². The number of carbonyl (C=O) groups excluding carboxylic acids is 1. The normalized spacial score (nSPS) is 16.2. The zero-order chi connectivity index (χ0) is 21.2. The summed E-state index contributed by atoms with van der Waals surface area (Å²) in [6, 6.07) is 11.8. The van der Waals surface area contributed by atoms with Gasteiger partial charge < -0.3 is 14.5 Å². The third kappa shape index (κ3) is 4.28. The van der Waals surface area contributed by atoms with Crippen molar-refractivity contribution in [1.29, 1.82) is 0 Å². The highest BCUT2D eigenvalue weighted by atomic mass is 32.1. The van der Waals surface area contributed by atoms with Gasteiger partial charge in [0.2, 0.25) is 11.8 Å². The molecule has 1 saturated heterocycles. The van der Waals surface area contributed by atoms with Crippen LogP contribution in [0.4, 0.5) is 5.95 Å². The van der Waals surface area contributed by atoms with Gasteiger partial charge in [-0.05, 0) is 49.8 Å². The number of amides is 1. The van der Waals surface area contributed by atoms with Crippen molar-refractivity contribution in [2.24, 2.45) is 0 Å². The quantitative estimate of drug-likeness (QED) is 0.589. The summed E-state index contributed by atoms with van der Waals surface area (Å²) in [6.07, 6.45) is 4.30. The van der Waals surface area contributed by atoms with Crippen LogP contribution in [-0.2, 0) is 13.0 Å². The molecule has 31 heavy (non-hydrogen) atoms. The molecule has 160 valence electrons. The number of aryl methyl sites for hydroxylation is 1. The fourth-order valence-corrected chi connectivity index (χ4v) is 4.83. The highest BCUT2D eigenvalue weighted by Crippen LogP contribution is 2.33. The summed E-state index contributed by atoms with van der Waals surface area (Å²) in [4.78, 5) is 27.6. The molecule has 6 nitrogen and oxygen atoms in total. The standard InChI is InChI=1S/C24H26N4O2S/c1-17-7-9-18(10-8-17)30-22-19-16-28(23(29)21-6-5-15-31-21)14-11-20(19)25-24(26-22)27-12-3-2-4-13-27/h5-10,15H,2-4,11-14,16H2,1H3. The Morgan fingerprint density at radius 2 is 1.84 bits per heavy atom. The van der Waals surface area contributed by atoms with E-state index >= 15 is 0 Å². The van der Waals surface area contributed by atoms with Crippen molar-refractivity contribution >= 4 is 23.2 Å². The van der Waals surface area contributed by atoms with Crippen LogP contribution in [0.2, 0.25) is 0 Å². The van der Waals surface area contributed by atoms with Crippen molar-refractivity contribution in [2.45, 2.75) is 39.2 Å². The number of aromatic nitrogens is 2. The molecule has 1 aromatic carbocycles. The Bertz CT molecular complexity index is 1060. The Kier molecular flexibility index (Phi) is 5.59. The van der Waals surface area contributed by atoms with E-state index in [-0.39, 0.29) is 5.91 Å². The molecule has 0 N–H and O–H groups in total. The van der Waals surface area contributed by atoms with Crippen LogP contribution in [0.5, 0.6) is 11.6 Å². The van der Waals surface area contributed by atoms with E-state index in [2.05, 4.69) is 11.8 Å². The molecule has 0 saturated carbocycles. The van der Waals surface area contributed by atoms with Crippen LogP contribution in [0.25, 0.3) is 0 Å². The minimum Gasteiger partial charge on any atom is -0.438 e.